The highest BCUT2D eigenvalue weighted by Crippen LogP contribution is 2.24. The van der Waals surface area contributed by atoms with Gasteiger partial charge in [0.1, 0.15) is 4.88 Å². The van der Waals surface area contributed by atoms with Gasteiger partial charge < -0.3 is 9.88 Å². The number of aromatic nitrogens is 1. The van der Waals surface area contributed by atoms with Crippen molar-refractivity contribution in [2.75, 3.05) is 5.32 Å². The molecule has 0 aliphatic rings. The minimum absolute atomic E-state index is 0.0814. The van der Waals surface area contributed by atoms with E-state index in [4.69, 9.17) is 0 Å². The van der Waals surface area contributed by atoms with E-state index in [1.807, 2.05) is 24.3 Å². The van der Waals surface area contributed by atoms with Crippen LogP contribution in [0.4, 0.5) is 5.69 Å². The van der Waals surface area contributed by atoms with Crippen molar-refractivity contribution in [3.63, 3.8) is 0 Å². The fourth-order valence-electron chi connectivity index (χ4n) is 1.97. The third kappa shape index (κ3) is 3.24. The van der Waals surface area contributed by atoms with Crippen LogP contribution in [-0.2, 0) is 12.5 Å². The summed E-state index contributed by atoms with van der Waals surface area (Å²) >= 11 is 0.971. The molecule has 112 valence electrons. The molecule has 1 aromatic carbocycles. The Kier molecular flexibility index (Phi) is 4.05. The Morgan fingerprint density at radius 3 is 2.19 bits per heavy atom. The number of rotatable bonds is 2. The topological polar surface area (TPSA) is 51.1 Å². The number of hydrogen-bond donors (Lipinski definition) is 1. The van der Waals surface area contributed by atoms with Crippen LogP contribution < -0.4 is 10.2 Å². The Morgan fingerprint density at radius 1 is 1.19 bits per heavy atom. The number of amides is 1. The number of hydrogen-bond acceptors (Lipinski definition) is 3. The average Bonchev–Trinajstić information content (AvgIpc) is 2.66. The van der Waals surface area contributed by atoms with Crippen LogP contribution in [0.15, 0.2) is 29.1 Å². The van der Waals surface area contributed by atoms with Gasteiger partial charge in [-0.05, 0) is 30.0 Å². The number of benzene rings is 1. The van der Waals surface area contributed by atoms with Gasteiger partial charge in [-0.25, -0.2) is 0 Å². The van der Waals surface area contributed by atoms with Crippen LogP contribution in [0.5, 0.6) is 0 Å². The van der Waals surface area contributed by atoms with E-state index < -0.39 is 0 Å². The van der Waals surface area contributed by atoms with Gasteiger partial charge in [-0.2, -0.15) is 0 Å². The molecule has 0 aliphatic carbocycles. The predicted octanol–water partition coefficient (Wildman–Crippen LogP) is 3.31. The van der Waals surface area contributed by atoms with Gasteiger partial charge in [0.15, 0.2) is 0 Å². The normalized spacial score (nSPS) is 11.5. The summed E-state index contributed by atoms with van der Waals surface area (Å²) in [4.78, 5) is 24.1. The molecule has 1 heterocycles. The number of anilines is 1. The fraction of sp³-hybridized carbons (Fsp3) is 0.375. The maximum atomic E-state index is 12.2. The molecule has 0 radical (unpaired) electrons. The van der Waals surface area contributed by atoms with Gasteiger partial charge in [0.05, 0.1) is 0 Å². The van der Waals surface area contributed by atoms with Gasteiger partial charge in [0.2, 0.25) is 0 Å². The summed E-state index contributed by atoms with van der Waals surface area (Å²) in [6.45, 7) is 8.21. The second-order valence-electron chi connectivity index (χ2n) is 6.12. The van der Waals surface area contributed by atoms with Crippen molar-refractivity contribution < 1.29 is 4.79 Å². The van der Waals surface area contributed by atoms with Crippen molar-refractivity contribution in [2.24, 2.45) is 7.05 Å². The number of nitrogens with zero attached hydrogens (tertiary/aromatic N) is 1. The highest BCUT2D eigenvalue weighted by Gasteiger charge is 2.17. The molecular formula is C16H20N2O2S. The summed E-state index contributed by atoms with van der Waals surface area (Å²) in [5, 5.41) is 2.84. The second-order valence-corrected chi connectivity index (χ2v) is 7.08. The van der Waals surface area contributed by atoms with Crippen LogP contribution in [0.25, 0.3) is 0 Å². The number of nitrogens with one attached hydrogen (secondary N) is 1. The molecule has 0 spiro atoms. The van der Waals surface area contributed by atoms with Gasteiger partial charge in [0, 0.05) is 18.4 Å². The van der Waals surface area contributed by atoms with Crippen molar-refractivity contribution in [3.05, 3.63) is 50.1 Å². The van der Waals surface area contributed by atoms with E-state index in [-0.39, 0.29) is 16.2 Å². The maximum Gasteiger partial charge on any atom is 0.307 e. The second kappa shape index (κ2) is 5.48. The largest absolute Gasteiger partial charge is 0.321 e. The lowest BCUT2D eigenvalue weighted by molar-refractivity contribution is 0.102. The molecule has 2 aromatic rings. The summed E-state index contributed by atoms with van der Waals surface area (Å²) in [5.74, 6) is -0.237. The lowest BCUT2D eigenvalue weighted by Crippen LogP contribution is -2.14. The Labute approximate surface area is 128 Å². The predicted molar refractivity (Wildman–Crippen MR) is 87.4 cm³/mol. The molecule has 0 saturated heterocycles. The molecular weight excluding hydrogens is 284 g/mol. The van der Waals surface area contributed by atoms with Crippen LogP contribution in [0.1, 0.15) is 41.7 Å². The van der Waals surface area contributed by atoms with E-state index in [0.717, 1.165) is 17.0 Å². The molecule has 0 fully saturated rings. The van der Waals surface area contributed by atoms with E-state index in [1.54, 1.807) is 14.0 Å². The third-order valence-electron chi connectivity index (χ3n) is 3.51. The first-order valence-electron chi connectivity index (χ1n) is 6.78. The van der Waals surface area contributed by atoms with Gasteiger partial charge in [0.25, 0.3) is 5.91 Å². The van der Waals surface area contributed by atoms with Crippen molar-refractivity contribution in [3.8, 4) is 0 Å². The first-order chi connectivity index (χ1) is 9.70. The first-order valence-corrected chi connectivity index (χ1v) is 7.60. The molecule has 0 aliphatic heterocycles. The molecule has 0 saturated carbocycles. The SMILES string of the molecule is Cc1c(C(=O)Nc2ccc(C(C)(C)C)cc2)sc(=O)n1C. The van der Waals surface area contributed by atoms with Crippen molar-refractivity contribution in [2.45, 2.75) is 33.1 Å². The molecule has 0 atom stereocenters. The van der Waals surface area contributed by atoms with Gasteiger partial charge in [-0.15, -0.1) is 0 Å². The summed E-state index contributed by atoms with van der Waals surface area (Å²) in [6, 6.07) is 7.80. The molecule has 4 nitrogen and oxygen atoms in total. The first kappa shape index (κ1) is 15.5. The standard InChI is InChI=1S/C16H20N2O2S/c1-10-13(21-15(20)18(10)5)14(19)17-12-8-6-11(7-9-12)16(2,3)4/h6-9H,1-5H3,(H,17,19). The Bertz CT molecular complexity index is 718. The molecule has 1 amide bonds. The van der Waals surface area contributed by atoms with Crippen molar-refractivity contribution in [1.82, 2.24) is 4.57 Å². The van der Waals surface area contributed by atoms with Crippen LogP contribution in [0.3, 0.4) is 0 Å². The molecule has 1 aromatic heterocycles. The van der Waals surface area contributed by atoms with Crippen LogP contribution in [0, 0.1) is 6.92 Å². The molecule has 1 N–H and O–H groups in total. The Morgan fingerprint density at radius 2 is 1.76 bits per heavy atom. The lowest BCUT2D eigenvalue weighted by Gasteiger charge is -2.19. The molecule has 0 unspecified atom stereocenters. The summed E-state index contributed by atoms with van der Waals surface area (Å²) < 4.78 is 1.49. The molecule has 21 heavy (non-hydrogen) atoms. The van der Waals surface area contributed by atoms with Crippen LogP contribution in [0.2, 0.25) is 0 Å². The number of carbonyl (C=O) groups excluding carboxylic acids is 1. The zero-order chi connectivity index (χ0) is 15.8. The van der Waals surface area contributed by atoms with E-state index in [1.165, 1.54) is 10.1 Å². The quantitative estimate of drug-likeness (QED) is 0.925. The van der Waals surface area contributed by atoms with E-state index >= 15 is 0 Å². The zero-order valence-electron chi connectivity index (χ0n) is 13.0. The Balaban J connectivity index is 2.20. The average molecular weight is 304 g/mol. The fourth-order valence-corrected chi connectivity index (χ4v) is 2.85. The minimum atomic E-state index is -0.237. The number of carbonyl (C=O) groups is 1. The smallest absolute Gasteiger partial charge is 0.307 e. The third-order valence-corrected chi connectivity index (χ3v) is 4.64. The molecule has 5 heteroatoms. The zero-order valence-corrected chi connectivity index (χ0v) is 13.8. The minimum Gasteiger partial charge on any atom is -0.321 e. The lowest BCUT2D eigenvalue weighted by atomic mass is 9.87. The van der Waals surface area contributed by atoms with Gasteiger partial charge >= 0.3 is 4.87 Å². The maximum absolute atomic E-state index is 12.2. The van der Waals surface area contributed by atoms with Gasteiger partial charge in [-0.1, -0.05) is 44.2 Å². The van der Waals surface area contributed by atoms with E-state index in [2.05, 4.69) is 26.1 Å². The van der Waals surface area contributed by atoms with Gasteiger partial charge in [-0.3, -0.25) is 9.59 Å². The van der Waals surface area contributed by atoms with E-state index in [0.29, 0.717) is 10.6 Å². The summed E-state index contributed by atoms with van der Waals surface area (Å²) in [7, 11) is 1.67. The highest BCUT2D eigenvalue weighted by molar-refractivity contribution is 7.11. The van der Waals surface area contributed by atoms with Crippen molar-refractivity contribution in [1.29, 1.82) is 0 Å². The summed E-state index contributed by atoms with van der Waals surface area (Å²) in [6.07, 6.45) is 0. The van der Waals surface area contributed by atoms with Crippen LogP contribution in [-0.4, -0.2) is 10.5 Å². The van der Waals surface area contributed by atoms with Crippen molar-refractivity contribution >= 4 is 22.9 Å². The van der Waals surface area contributed by atoms with Crippen LogP contribution >= 0.6 is 11.3 Å². The molecule has 0 bridgehead atoms. The monoisotopic (exact) mass is 304 g/mol. The molecule has 2 rings (SSSR count). The van der Waals surface area contributed by atoms with E-state index in [9.17, 15) is 9.59 Å². The highest BCUT2D eigenvalue weighted by atomic mass is 32.1. The number of thiazole rings is 1. The Hall–Kier alpha value is -1.88. The summed E-state index contributed by atoms with van der Waals surface area (Å²) in [5.41, 5.74) is 2.71.